The van der Waals surface area contributed by atoms with Gasteiger partial charge in [-0.3, -0.25) is 0 Å². The molecule has 0 bridgehead atoms. The Morgan fingerprint density at radius 2 is 2.11 bits per heavy atom. The van der Waals surface area contributed by atoms with Gasteiger partial charge in [0.05, 0.1) is 11.4 Å². The van der Waals surface area contributed by atoms with Crippen molar-refractivity contribution in [1.29, 1.82) is 0 Å². The van der Waals surface area contributed by atoms with Crippen LogP contribution >= 0.6 is 11.6 Å². The van der Waals surface area contributed by atoms with E-state index in [2.05, 4.69) is 23.5 Å². The zero-order valence-electron chi connectivity index (χ0n) is 11.0. The SMILES string of the molecule is CCNCc1cn(-c2cccc(Cl)c2C)nc1C. The maximum atomic E-state index is 6.14. The van der Waals surface area contributed by atoms with Crippen molar-refractivity contribution in [2.45, 2.75) is 27.3 Å². The van der Waals surface area contributed by atoms with Gasteiger partial charge in [0.25, 0.3) is 0 Å². The number of aryl methyl sites for hydroxylation is 1. The molecule has 0 amide bonds. The summed E-state index contributed by atoms with van der Waals surface area (Å²) in [6.07, 6.45) is 2.07. The van der Waals surface area contributed by atoms with Crippen LogP contribution in [0.2, 0.25) is 5.02 Å². The van der Waals surface area contributed by atoms with Crippen LogP contribution in [0.5, 0.6) is 0 Å². The first-order chi connectivity index (χ1) is 8.63. The van der Waals surface area contributed by atoms with Gasteiger partial charge >= 0.3 is 0 Å². The van der Waals surface area contributed by atoms with E-state index in [1.54, 1.807) is 0 Å². The van der Waals surface area contributed by atoms with Gasteiger partial charge < -0.3 is 5.32 Å². The summed E-state index contributed by atoms with van der Waals surface area (Å²) in [4.78, 5) is 0. The number of hydrogen-bond acceptors (Lipinski definition) is 2. The van der Waals surface area contributed by atoms with Gasteiger partial charge in [-0.05, 0) is 38.1 Å². The van der Waals surface area contributed by atoms with Gasteiger partial charge in [-0.1, -0.05) is 24.6 Å². The van der Waals surface area contributed by atoms with Crippen LogP contribution in [0.1, 0.15) is 23.7 Å². The summed E-state index contributed by atoms with van der Waals surface area (Å²) < 4.78 is 1.91. The predicted molar refractivity (Wildman–Crippen MR) is 75.4 cm³/mol. The van der Waals surface area contributed by atoms with Crippen molar-refractivity contribution >= 4 is 11.6 Å². The molecule has 0 saturated heterocycles. The number of nitrogens with zero attached hydrogens (tertiary/aromatic N) is 2. The molecule has 0 unspecified atom stereocenters. The van der Waals surface area contributed by atoms with E-state index < -0.39 is 0 Å². The van der Waals surface area contributed by atoms with Crippen LogP contribution in [-0.2, 0) is 6.54 Å². The lowest BCUT2D eigenvalue weighted by Gasteiger charge is -2.06. The summed E-state index contributed by atoms with van der Waals surface area (Å²) in [5, 5.41) is 8.64. The Labute approximate surface area is 113 Å². The first kappa shape index (κ1) is 13.1. The van der Waals surface area contributed by atoms with Gasteiger partial charge in [0.15, 0.2) is 0 Å². The molecule has 0 fully saturated rings. The second-order valence-electron chi connectivity index (χ2n) is 4.35. The number of halogens is 1. The fourth-order valence-corrected chi connectivity index (χ4v) is 2.07. The van der Waals surface area contributed by atoms with E-state index in [1.165, 1.54) is 5.56 Å². The molecule has 1 aromatic carbocycles. The zero-order chi connectivity index (χ0) is 13.1. The molecule has 18 heavy (non-hydrogen) atoms. The molecule has 1 heterocycles. The summed E-state index contributed by atoms with van der Waals surface area (Å²) in [6, 6.07) is 5.88. The van der Waals surface area contributed by atoms with Crippen molar-refractivity contribution in [3.8, 4) is 5.69 Å². The van der Waals surface area contributed by atoms with Crippen LogP contribution < -0.4 is 5.32 Å². The molecule has 1 N–H and O–H groups in total. The maximum absolute atomic E-state index is 6.14. The number of nitrogens with one attached hydrogen (secondary N) is 1. The van der Waals surface area contributed by atoms with Crippen LogP contribution in [0.25, 0.3) is 5.69 Å². The molecule has 1 aromatic heterocycles. The lowest BCUT2D eigenvalue weighted by molar-refractivity contribution is 0.723. The molecule has 3 nitrogen and oxygen atoms in total. The van der Waals surface area contributed by atoms with Gasteiger partial charge in [0, 0.05) is 23.3 Å². The molecule has 2 aromatic rings. The average molecular weight is 264 g/mol. The van der Waals surface area contributed by atoms with E-state index in [0.29, 0.717) is 0 Å². The van der Waals surface area contributed by atoms with Gasteiger partial charge in [0.2, 0.25) is 0 Å². The third kappa shape index (κ3) is 2.57. The monoisotopic (exact) mass is 263 g/mol. The van der Waals surface area contributed by atoms with Gasteiger partial charge in [-0.15, -0.1) is 0 Å². The molecular weight excluding hydrogens is 246 g/mol. The van der Waals surface area contributed by atoms with Crippen LogP contribution in [-0.4, -0.2) is 16.3 Å². The van der Waals surface area contributed by atoms with Gasteiger partial charge in [0.1, 0.15) is 0 Å². The predicted octanol–water partition coefficient (Wildman–Crippen LogP) is 3.25. The number of rotatable bonds is 4. The number of aromatic nitrogens is 2. The molecule has 0 radical (unpaired) electrons. The first-order valence-corrected chi connectivity index (χ1v) is 6.52. The van der Waals surface area contributed by atoms with Crippen LogP contribution in [0.3, 0.4) is 0 Å². The molecule has 0 spiro atoms. The molecule has 0 atom stereocenters. The van der Waals surface area contributed by atoms with E-state index in [4.69, 9.17) is 11.6 Å². The molecule has 0 saturated carbocycles. The molecule has 96 valence electrons. The highest BCUT2D eigenvalue weighted by Gasteiger charge is 2.09. The van der Waals surface area contributed by atoms with E-state index in [-0.39, 0.29) is 0 Å². The Morgan fingerprint density at radius 1 is 1.33 bits per heavy atom. The Balaban J connectivity index is 2.36. The average Bonchev–Trinajstić information content (AvgIpc) is 2.71. The fourth-order valence-electron chi connectivity index (χ4n) is 1.90. The minimum Gasteiger partial charge on any atom is -0.313 e. The second-order valence-corrected chi connectivity index (χ2v) is 4.76. The van der Waals surface area contributed by atoms with Gasteiger partial charge in [-0.2, -0.15) is 5.10 Å². The maximum Gasteiger partial charge on any atom is 0.0689 e. The standard InChI is InChI=1S/C14H18ClN3/c1-4-16-8-12-9-18(17-11(12)3)14-7-5-6-13(15)10(14)2/h5-7,9,16H,4,8H2,1-3H3. The van der Waals surface area contributed by atoms with E-state index >= 15 is 0 Å². The van der Waals surface area contributed by atoms with E-state index in [1.807, 2.05) is 36.7 Å². The second kappa shape index (κ2) is 5.55. The van der Waals surface area contributed by atoms with Crippen molar-refractivity contribution in [1.82, 2.24) is 15.1 Å². The van der Waals surface area contributed by atoms with E-state index in [9.17, 15) is 0 Å². The first-order valence-electron chi connectivity index (χ1n) is 6.14. The summed E-state index contributed by atoms with van der Waals surface area (Å²) in [5.74, 6) is 0. The lowest BCUT2D eigenvalue weighted by Crippen LogP contribution is -2.11. The summed E-state index contributed by atoms with van der Waals surface area (Å²) in [5.41, 5.74) is 4.36. The fraction of sp³-hybridized carbons (Fsp3) is 0.357. The summed E-state index contributed by atoms with van der Waals surface area (Å²) in [7, 11) is 0. The smallest absolute Gasteiger partial charge is 0.0689 e. The third-order valence-electron chi connectivity index (χ3n) is 3.05. The quantitative estimate of drug-likeness (QED) is 0.918. The van der Waals surface area contributed by atoms with Crippen molar-refractivity contribution in [3.63, 3.8) is 0 Å². The molecule has 4 heteroatoms. The third-order valence-corrected chi connectivity index (χ3v) is 3.46. The Kier molecular flexibility index (Phi) is 4.04. The molecule has 2 rings (SSSR count). The van der Waals surface area contributed by atoms with Crippen molar-refractivity contribution in [3.05, 3.63) is 46.2 Å². The lowest BCUT2D eigenvalue weighted by atomic mass is 10.2. The number of hydrogen-bond donors (Lipinski definition) is 1. The number of benzene rings is 1. The van der Waals surface area contributed by atoms with Crippen LogP contribution in [0.15, 0.2) is 24.4 Å². The molecule has 0 aliphatic rings. The Hall–Kier alpha value is -1.32. The topological polar surface area (TPSA) is 29.9 Å². The summed E-state index contributed by atoms with van der Waals surface area (Å²) >= 11 is 6.14. The molecule has 0 aliphatic carbocycles. The van der Waals surface area contributed by atoms with Crippen molar-refractivity contribution in [2.75, 3.05) is 6.54 Å². The summed E-state index contributed by atoms with van der Waals surface area (Å²) in [6.45, 7) is 7.95. The van der Waals surface area contributed by atoms with Crippen molar-refractivity contribution in [2.24, 2.45) is 0 Å². The Bertz CT molecular complexity index is 546. The highest BCUT2D eigenvalue weighted by atomic mass is 35.5. The molecule has 0 aliphatic heterocycles. The highest BCUT2D eigenvalue weighted by molar-refractivity contribution is 6.31. The van der Waals surface area contributed by atoms with Crippen LogP contribution in [0.4, 0.5) is 0 Å². The minimum absolute atomic E-state index is 0.772. The molecular formula is C14H18ClN3. The Morgan fingerprint density at radius 3 is 2.83 bits per heavy atom. The zero-order valence-corrected chi connectivity index (χ0v) is 11.8. The minimum atomic E-state index is 0.772. The van der Waals surface area contributed by atoms with Crippen LogP contribution in [0, 0.1) is 13.8 Å². The highest BCUT2D eigenvalue weighted by Crippen LogP contribution is 2.22. The van der Waals surface area contributed by atoms with Crippen molar-refractivity contribution < 1.29 is 0 Å². The normalized spacial score (nSPS) is 10.9. The van der Waals surface area contributed by atoms with E-state index in [0.717, 1.165) is 35.1 Å². The van der Waals surface area contributed by atoms with Gasteiger partial charge in [-0.25, -0.2) is 4.68 Å². The largest absolute Gasteiger partial charge is 0.313 e.